The number of aliphatic hydroxyl groups excluding tert-OH is 1. The van der Waals surface area contributed by atoms with Crippen LogP contribution in [0.25, 0.3) is 11.2 Å². The van der Waals surface area contributed by atoms with Gasteiger partial charge in [0.2, 0.25) is 4.73 Å². The van der Waals surface area contributed by atoms with Crippen molar-refractivity contribution in [3.8, 4) is 11.5 Å². The quantitative estimate of drug-likeness (QED) is 0.0834. The second kappa shape index (κ2) is 13.6. The molecule has 3 aromatic carbocycles. The van der Waals surface area contributed by atoms with E-state index in [2.05, 4.69) is 35.9 Å². The van der Waals surface area contributed by atoms with Crippen LogP contribution in [-0.2, 0) is 15.1 Å². The van der Waals surface area contributed by atoms with Gasteiger partial charge in [-0.1, -0.05) is 54.6 Å². The van der Waals surface area contributed by atoms with Crippen molar-refractivity contribution in [1.29, 1.82) is 0 Å². The van der Waals surface area contributed by atoms with Crippen molar-refractivity contribution in [2.45, 2.75) is 30.5 Å². The number of rotatable bonds is 11. The number of nitrogens with zero attached hydrogens (tertiary/aromatic N) is 6. The Morgan fingerprint density at radius 1 is 0.957 bits per heavy atom. The number of aromatic nitrogens is 4. The zero-order valence-electron chi connectivity index (χ0n) is 25.9. The summed E-state index contributed by atoms with van der Waals surface area (Å²) in [6.45, 7) is 0.0916. The summed E-state index contributed by atoms with van der Waals surface area (Å²) < 4.78 is 26.5. The van der Waals surface area contributed by atoms with Crippen LogP contribution in [0.15, 0.2) is 94.9 Å². The van der Waals surface area contributed by atoms with Crippen LogP contribution in [-0.4, -0.2) is 83.0 Å². The summed E-state index contributed by atoms with van der Waals surface area (Å²) in [5, 5.41) is 11.3. The van der Waals surface area contributed by atoms with Gasteiger partial charge in [0, 0.05) is 20.5 Å². The van der Waals surface area contributed by atoms with Gasteiger partial charge in [-0.25, -0.2) is 19.9 Å². The molecule has 0 unspecified atom stereocenters. The number of fused-ring (bicyclic) bond motifs is 1. The van der Waals surface area contributed by atoms with Gasteiger partial charge in [0.15, 0.2) is 17.0 Å². The van der Waals surface area contributed by atoms with Crippen molar-refractivity contribution in [3.63, 3.8) is 0 Å². The molecule has 238 valence electrons. The van der Waals surface area contributed by atoms with E-state index >= 15 is 0 Å². The molecule has 0 saturated carbocycles. The van der Waals surface area contributed by atoms with Crippen molar-refractivity contribution >= 4 is 39.3 Å². The largest absolute Gasteiger partial charge is 0.497 e. The fraction of sp³-hybridized carbons (Fsp3) is 0.294. The molecule has 1 aliphatic heterocycles. The molecular weight excluding hydrogens is 652 g/mol. The number of imidazole rings is 1. The molecule has 0 radical (unpaired) electrons. The van der Waals surface area contributed by atoms with E-state index in [9.17, 15) is 5.11 Å². The third-order valence-electron chi connectivity index (χ3n) is 7.94. The number of halogens is 1. The first kappa shape index (κ1) is 31.6. The van der Waals surface area contributed by atoms with Crippen LogP contribution in [0.2, 0.25) is 0 Å². The smallest absolute Gasteiger partial charge is 0.200 e. The van der Waals surface area contributed by atoms with E-state index in [0.29, 0.717) is 28.1 Å². The number of benzene rings is 3. The van der Waals surface area contributed by atoms with E-state index < -0.39 is 24.0 Å². The lowest BCUT2D eigenvalue weighted by Crippen LogP contribution is -2.38. The average Bonchev–Trinajstić information content (AvgIpc) is 3.67. The molecule has 46 heavy (non-hydrogen) atoms. The Balaban J connectivity index is 1.34. The second-order valence-electron chi connectivity index (χ2n) is 11.1. The Labute approximate surface area is 275 Å². The van der Waals surface area contributed by atoms with E-state index in [0.717, 1.165) is 28.2 Å². The van der Waals surface area contributed by atoms with Crippen molar-refractivity contribution in [1.82, 2.24) is 24.4 Å². The first-order valence-corrected chi connectivity index (χ1v) is 15.5. The number of aliphatic imine (C=N–C) groups is 1. The summed E-state index contributed by atoms with van der Waals surface area (Å²) in [4.78, 5) is 19.7. The molecule has 1 saturated heterocycles. The van der Waals surface area contributed by atoms with Gasteiger partial charge in [-0.2, -0.15) is 0 Å². The van der Waals surface area contributed by atoms with Gasteiger partial charge >= 0.3 is 0 Å². The number of hydrogen-bond acceptors (Lipinski definition) is 9. The zero-order valence-corrected chi connectivity index (χ0v) is 27.5. The van der Waals surface area contributed by atoms with Crippen LogP contribution in [0.4, 0.5) is 5.82 Å². The molecule has 1 fully saturated rings. The van der Waals surface area contributed by atoms with Crippen LogP contribution in [0.1, 0.15) is 29.3 Å². The molecule has 12 heteroatoms. The fourth-order valence-corrected chi connectivity index (χ4v) is 6.00. The van der Waals surface area contributed by atoms with Crippen LogP contribution in [0.3, 0.4) is 0 Å². The highest BCUT2D eigenvalue weighted by Gasteiger charge is 2.42. The Bertz CT molecular complexity index is 1750. The van der Waals surface area contributed by atoms with Gasteiger partial charge in [0.05, 0.1) is 39.6 Å². The topological polar surface area (TPSA) is 116 Å². The molecule has 3 heterocycles. The van der Waals surface area contributed by atoms with Gasteiger partial charge in [0.1, 0.15) is 29.4 Å². The predicted molar refractivity (Wildman–Crippen MR) is 178 cm³/mol. The maximum absolute atomic E-state index is 11.3. The molecule has 0 amide bonds. The lowest BCUT2D eigenvalue weighted by molar-refractivity contribution is -0.0931. The molecule has 11 nitrogen and oxygen atoms in total. The first-order valence-electron chi connectivity index (χ1n) is 14.7. The second-order valence-corrected chi connectivity index (χ2v) is 11.8. The van der Waals surface area contributed by atoms with Crippen molar-refractivity contribution < 1.29 is 24.1 Å². The number of hydrogen-bond donors (Lipinski definition) is 1. The van der Waals surface area contributed by atoms with Crippen molar-refractivity contribution in [2.75, 3.05) is 34.9 Å². The molecule has 3 atom stereocenters. The number of aliphatic hydroxyl groups is 1. The van der Waals surface area contributed by atoms with E-state index in [-0.39, 0.29) is 6.61 Å². The SMILES string of the molecule is COc1ccc(C(OC[C@H]2O[C@@H](n3cnc4c(/N=C/N(C)C)nc(Br)nc43)C[C@@H]2O)(c2ccccc2)c2ccc(OC)cc2)cc1. The molecule has 2 aromatic heterocycles. The van der Waals surface area contributed by atoms with Crippen LogP contribution < -0.4 is 9.47 Å². The van der Waals surface area contributed by atoms with Crippen LogP contribution in [0.5, 0.6) is 11.5 Å². The number of methoxy groups -OCH3 is 2. The first-order chi connectivity index (χ1) is 22.3. The Kier molecular flexibility index (Phi) is 9.32. The summed E-state index contributed by atoms with van der Waals surface area (Å²) in [5.41, 5.74) is 2.73. The minimum absolute atomic E-state index is 0.0916. The molecule has 5 aromatic rings. The van der Waals surface area contributed by atoms with E-state index in [1.165, 1.54) is 0 Å². The van der Waals surface area contributed by atoms with Gasteiger partial charge in [0.25, 0.3) is 0 Å². The lowest BCUT2D eigenvalue weighted by Gasteiger charge is -2.37. The Hall–Kier alpha value is -4.36. The highest BCUT2D eigenvalue weighted by atomic mass is 79.9. The zero-order chi connectivity index (χ0) is 32.3. The maximum atomic E-state index is 11.3. The van der Waals surface area contributed by atoms with E-state index in [1.54, 1.807) is 31.5 Å². The van der Waals surface area contributed by atoms with Gasteiger partial charge < -0.3 is 29.0 Å². The third-order valence-corrected chi connectivity index (χ3v) is 8.29. The minimum Gasteiger partial charge on any atom is -0.497 e. The minimum atomic E-state index is -1.04. The van der Waals surface area contributed by atoms with Crippen LogP contribution >= 0.6 is 15.9 Å². The molecule has 1 aliphatic rings. The standard InChI is InChI=1S/C34H35BrN6O5/c1-40(2)20-37-31-30-32(39-33(35)38-31)41(21-36-30)29-18-27(42)28(46-29)19-45-34(22-8-6-5-7-9-22,23-10-14-25(43-3)15-11-23)24-12-16-26(44-4)17-13-24/h5-17,20-21,27-29,42H,18-19H2,1-4H3/b37-20+/t27-,28+,29+/m0/s1. The summed E-state index contributed by atoms with van der Waals surface area (Å²) >= 11 is 3.40. The van der Waals surface area contributed by atoms with E-state index in [4.69, 9.17) is 18.9 Å². The lowest BCUT2D eigenvalue weighted by atomic mass is 9.80. The predicted octanol–water partition coefficient (Wildman–Crippen LogP) is 5.48. The highest BCUT2D eigenvalue weighted by Crippen LogP contribution is 2.43. The average molecular weight is 688 g/mol. The maximum Gasteiger partial charge on any atom is 0.200 e. The van der Waals surface area contributed by atoms with Crippen molar-refractivity contribution in [2.24, 2.45) is 4.99 Å². The molecule has 0 aliphatic carbocycles. The molecule has 6 rings (SSSR count). The molecule has 0 spiro atoms. The molecular formula is C34H35BrN6O5. The van der Waals surface area contributed by atoms with Gasteiger partial charge in [-0.05, 0) is 56.9 Å². The Morgan fingerprint density at radius 3 is 2.15 bits per heavy atom. The molecule has 0 bridgehead atoms. The fourth-order valence-electron chi connectivity index (χ4n) is 5.66. The van der Waals surface area contributed by atoms with Crippen molar-refractivity contribution in [3.05, 3.63) is 107 Å². The Morgan fingerprint density at radius 2 is 1.57 bits per heavy atom. The summed E-state index contributed by atoms with van der Waals surface area (Å²) in [6, 6.07) is 25.7. The third kappa shape index (κ3) is 6.21. The highest BCUT2D eigenvalue weighted by molar-refractivity contribution is 9.10. The van der Waals surface area contributed by atoms with Gasteiger partial charge in [-0.15, -0.1) is 0 Å². The molecule has 1 N–H and O–H groups in total. The number of ether oxygens (including phenoxy) is 4. The van der Waals surface area contributed by atoms with E-state index in [1.807, 2.05) is 97.9 Å². The summed E-state index contributed by atoms with van der Waals surface area (Å²) in [5.74, 6) is 1.89. The normalized spacial score (nSPS) is 18.3. The van der Waals surface area contributed by atoms with Crippen LogP contribution in [0, 0.1) is 0 Å². The summed E-state index contributed by atoms with van der Waals surface area (Å²) in [7, 11) is 7.03. The van der Waals surface area contributed by atoms with Gasteiger partial charge in [-0.3, -0.25) is 4.57 Å². The summed E-state index contributed by atoms with van der Waals surface area (Å²) in [6.07, 6.45) is 1.64. The monoisotopic (exact) mass is 686 g/mol.